The Labute approximate surface area is 248 Å². The highest BCUT2D eigenvalue weighted by Gasteiger charge is 2.37. The Bertz CT molecular complexity index is 1730. The van der Waals surface area contributed by atoms with E-state index in [0.717, 1.165) is 27.5 Å². The lowest BCUT2D eigenvalue weighted by atomic mass is 9.99. The normalized spacial score (nSPS) is 14.0. The highest BCUT2D eigenvalue weighted by Crippen LogP contribution is 2.55. The number of H-pyrrole nitrogens is 1. The van der Waals surface area contributed by atoms with E-state index in [2.05, 4.69) is 9.97 Å². The van der Waals surface area contributed by atoms with Gasteiger partial charge in [-0.15, -0.1) is 0 Å². The van der Waals surface area contributed by atoms with E-state index in [1.807, 2.05) is 38.1 Å². The molecule has 0 bridgehead atoms. The minimum Gasteiger partial charge on any atom is -0.486 e. The Morgan fingerprint density at radius 3 is 2.29 bits per heavy atom. The summed E-state index contributed by atoms with van der Waals surface area (Å²) in [4.78, 5) is 8.23. The van der Waals surface area contributed by atoms with Crippen LogP contribution in [0.25, 0.3) is 33.1 Å². The van der Waals surface area contributed by atoms with E-state index >= 15 is 0 Å². The number of aromatic amines is 1. The molecule has 0 saturated heterocycles. The highest BCUT2D eigenvalue weighted by molar-refractivity contribution is 7.91. The van der Waals surface area contributed by atoms with Crippen molar-refractivity contribution in [3.05, 3.63) is 54.2 Å². The van der Waals surface area contributed by atoms with Crippen LogP contribution in [0.2, 0.25) is 0 Å². The van der Waals surface area contributed by atoms with Gasteiger partial charge in [0.1, 0.15) is 17.5 Å². The third-order valence-electron chi connectivity index (χ3n) is 6.16. The zero-order chi connectivity index (χ0) is 31.1. The second kappa shape index (κ2) is 11.7. The standard InChI is InChI=1S/C31H41N2O7PS/c1-10-42(35,36)23-13-11-12-22(17-23)24-14-15-26(28-27(24)25-16-20(2)18-32-29(25)33-28)38-21(3)19-37-41(34,39-30(4,5)6)40-31(7,8)9/h11-18,21H,10,19H2,1-9H3,(H,32,33)/t21-/m0/s1. The number of pyridine rings is 1. The SMILES string of the molecule is CCS(=O)(=O)c1cccc(-c2ccc(O[C@@H](C)COP(=O)(OC(C)(C)C)OC(C)(C)C)c3[nH]c4ncc(C)cc4c23)c1. The first-order valence-electron chi connectivity index (χ1n) is 14.0. The van der Waals surface area contributed by atoms with Gasteiger partial charge < -0.3 is 9.72 Å². The van der Waals surface area contributed by atoms with Gasteiger partial charge in [-0.2, -0.15) is 0 Å². The summed E-state index contributed by atoms with van der Waals surface area (Å²) in [5.41, 5.74) is 2.46. The van der Waals surface area contributed by atoms with Crippen molar-refractivity contribution in [3.8, 4) is 16.9 Å². The summed E-state index contributed by atoms with van der Waals surface area (Å²) >= 11 is 0. The van der Waals surface area contributed by atoms with Gasteiger partial charge in [0.25, 0.3) is 0 Å². The van der Waals surface area contributed by atoms with Crippen LogP contribution < -0.4 is 4.74 Å². The largest absolute Gasteiger partial charge is 0.486 e. The first-order chi connectivity index (χ1) is 19.4. The molecule has 1 atom stereocenters. The minimum absolute atomic E-state index is 0.0172. The maximum Gasteiger partial charge on any atom is 0.475 e. The number of aromatic nitrogens is 2. The van der Waals surface area contributed by atoms with Gasteiger partial charge in [-0.3, -0.25) is 13.6 Å². The van der Waals surface area contributed by atoms with Crippen molar-refractivity contribution in [2.24, 2.45) is 0 Å². The van der Waals surface area contributed by atoms with Gasteiger partial charge in [0.05, 0.1) is 34.0 Å². The van der Waals surface area contributed by atoms with Crippen LogP contribution in [0.15, 0.2) is 53.6 Å². The van der Waals surface area contributed by atoms with Crippen molar-refractivity contribution in [3.63, 3.8) is 0 Å². The predicted molar refractivity (Wildman–Crippen MR) is 167 cm³/mol. The Hall–Kier alpha value is -2.75. The summed E-state index contributed by atoms with van der Waals surface area (Å²) in [5, 5.41) is 1.75. The summed E-state index contributed by atoms with van der Waals surface area (Å²) in [5.74, 6) is 0.560. The fourth-order valence-corrected chi connectivity index (χ4v) is 7.32. The monoisotopic (exact) mass is 616 g/mol. The molecule has 2 aromatic carbocycles. The molecule has 0 unspecified atom stereocenters. The van der Waals surface area contributed by atoms with Gasteiger partial charge in [0.2, 0.25) is 0 Å². The summed E-state index contributed by atoms with van der Waals surface area (Å²) in [7, 11) is -7.30. The number of nitrogens with one attached hydrogen (secondary N) is 1. The van der Waals surface area contributed by atoms with Crippen LogP contribution in [0.1, 0.15) is 61.0 Å². The van der Waals surface area contributed by atoms with Crippen molar-refractivity contribution in [1.82, 2.24) is 9.97 Å². The molecule has 42 heavy (non-hydrogen) atoms. The van der Waals surface area contributed by atoms with Crippen molar-refractivity contribution in [2.75, 3.05) is 12.4 Å². The number of fused-ring (bicyclic) bond motifs is 3. The zero-order valence-corrected chi connectivity index (χ0v) is 27.5. The minimum atomic E-state index is -3.91. The van der Waals surface area contributed by atoms with Crippen LogP contribution in [-0.2, 0) is 28.0 Å². The number of phosphoric acid groups is 1. The topological polar surface area (TPSA) is 117 Å². The number of ether oxygens (including phenoxy) is 1. The maximum absolute atomic E-state index is 13.5. The fraction of sp³-hybridized carbons (Fsp3) is 0.452. The Morgan fingerprint density at radius 1 is 1.00 bits per heavy atom. The van der Waals surface area contributed by atoms with Crippen LogP contribution in [0.4, 0.5) is 0 Å². The zero-order valence-electron chi connectivity index (χ0n) is 25.8. The van der Waals surface area contributed by atoms with Crippen LogP contribution in [0.3, 0.4) is 0 Å². The third kappa shape index (κ3) is 7.60. The van der Waals surface area contributed by atoms with Crippen LogP contribution >= 0.6 is 7.82 Å². The molecule has 2 heterocycles. The average molecular weight is 617 g/mol. The lowest BCUT2D eigenvalue weighted by Gasteiger charge is -2.31. The number of aryl methyl sites for hydroxylation is 1. The predicted octanol–water partition coefficient (Wildman–Crippen LogP) is 8.01. The molecular formula is C31H41N2O7PS. The molecule has 4 aromatic rings. The lowest BCUT2D eigenvalue weighted by molar-refractivity contribution is -0.00600. The second-order valence-corrected chi connectivity index (χ2v) is 16.2. The molecule has 4 rings (SSSR count). The Balaban J connectivity index is 1.72. The summed E-state index contributed by atoms with van der Waals surface area (Å²) in [6.07, 6.45) is 1.25. The van der Waals surface area contributed by atoms with Crippen LogP contribution in [0, 0.1) is 6.92 Å². The van der Waals surface area contributed by atoms with Crippen LogP contribution in [-0.4, -0.2) is 48.1 Å². The lowest BCUT2D eigenvalue weighted by Crippen LogP contribution is -2.27. The van der Waals surface area contributed by atoms with E-state index in [1.54, 1.807) is 72.9 Å². The van der Waals surface area contributed by atoms with Crippen LogP contribution in [0.5, 0.6) is 5.75 Å². The molecule has 0 spiro atoms. The number of phosphoric ester groups is 1. The van der Waals surface area contributed by atoms with Gasteiger partial charge in [-0.05, 0) is 102 Å². The van der Waals surface area contributed by atoms with E-state index in [4.69, 9.17) is 18.3 Å². The van der Waals surface area contributed by atoms with E-state index < -0.39 is 35.0 Å². The Morgan fingerprint density at radius 2 is 1.67 bits per heavy atom. The first kappa shape index (κ1) is 32.2. The highest BCUT2D eigenvalue weighted by atomic mass is 32.2. The van der Waals surface area contributed by atoms with Gasteiger partial charge in [0, 0.05) is 17.0 Å². The quantitative estimate of drug-likeness (QED) is 0.178. The molecule has 9 nitrogen and oxygen atoms in total. The summed E-state index contributed by atoms with van der Waals surface area (Å²) in [6.45, 7) is 16.1. The first-order valence-corrected chi connectivity index (χ1v) is 17.1. The van der Waals surface area contributed by atoms with Crippen molar-refractivity contribution in [2.45, 2.75) is 84.5 Å². The van der Waals surface area contributed by atoms with E-state index in [0.29, 0.717) is 16.9 Å². The molecule has 0 aliphatic heterocycles. The molecule has 0 aliphatic carbocycles. The molecule has 0 radical (unpaired) electrons. The molecular weight excluding hydrogens is 575 g/mol. The second-order valence-electron chi connectivity index (χ2n) is 12.4. The van der Waals surface area contributed by atoms with E-state index in [1.165, 1.54) is 0 Å². The summed E-state index contributed by atoms with van der Waals surface area (Å²) < 4.78 is 62.3. The Kier molecular flexibility index (Phi) is 8.99. The van der Waals surface area contributed by atoms with E-state index in [9.17, 15) is 13.0 Å². The molecule has 1 N–H and O–H groups in total. The third-order valence-corrected chi connectivity index (χ3v) is 9.90. The molecule has 228 valence electrons. The number of benzene rings is 2. The smallest absolute Gasteiger partial charge is 0.475 e. The van der Waals surface area contributed by atoms with Gasteiger partial charge in [0.15, 0.2) is 9.84 Å². The number of sulfone groups is 1. The molecule has 0 amide bonds. The molecule has 0 fully saturated rings. The molecule has 0 aliphatic rings. The average Bonchev–Trinajstić information content (AvgIpc) is 3.25. The maximum atomic E-state index is 13.5. The number of hydrogen-bond acceptors (Lipinski definition) is 8. The van der Waals surface area contributed by atoms with Gasteiger partial charge >= 0.3 is 7.82 Å². The number of nitrogens with zero attached hydrogens (tertiary/aromatic N) is 1. The molecule has 2 aromatic heterocycles. The van der Waals surface area contributed by atoms with Crippen molar-refractivity contribution < 1.29 is 31.3 Å². The van der Waals surface area contributed by atoms with Crippen molar-refractivity contribution in [1.29, 1.82) is 0 Å². The van der Waals surface area contributed by atoms with Crippen molar-refractivity contribution >= 4 is 39.6 Å². The van der Waals surface area contributed by atoms with Gasteiger partial charge in [-0.1, -0.05) is 19.1 Å². The molecule has 11 heteroatoms. The van der Waals surface area contributed by atoms with E-state index in [-0.39, 0.29) is 17.3 Å². The summed E-state index contributed by atoms with van der Waals surface area (Å²) in [6, 6.07) is 12.7. The number of rotatable bonds is 10. The fourth-order valence-electron chi connectivity index (χ4n) is 4.52. The van der Waals surface area contributed by atoms with Gasteiger partial charge in [-0.25, -0.2) is 18.0 Å². The molecule has 0 saturated carbocycles. The number of hydrogen-bond donors (Lipinski definition) is 1.